The third-order valence-electron chi connectivity index (χ3n) is 2.92. The molecular formula is C14H16F3NO3. The molecule has 0 aromatic heterocycles. The van der Waals surface area contributed by atoms with Crippen LogP contribution in [0.2, 0.25) is 0 Å². The molecular weight excluding hydrogens is 287 g/mol. The van der Waals surface area contributed by atoms with Crippen LogP contribution in [0, 0.1) is 0 Å². The first-order valence-corrected chi connectivity index (χ1v) is 6.28. The van der Waals surface area contributed by atoms with Gasteiger partial charge in [-0.2, -0.15) is 13.2 Å². The molecule has 0 bridgehead atoms. The topological polar surface area (TPSA) is 46.6 Å². The van der Waals surface area contributed by atoms with Crippen molar-refractivity contribution in [1.29, 1.82) is 0 Å². The number of benzene rings is 1. The fraction of sp³-hybridized carbons (Fsp3) is 0.429. The van der Waals surface area contributed by atoms with Crippen molar-refractivity contribution >= 4 is 11.9 Å². The number of hydrogen-bond donors (Lipinski definition) is 0. The zero-order valence-corrected chi connectivity index (χ0v) is 11.7. The smallest absolute Gasteiger partial charge is 0.416 e. The number of hydrogen-bond acceptors (Lipinski definition) is 3. The van der Waals surface area contributed by atoms with Crippen LogP contribution in [0.1, 0.15) is 18.1 Å². The van der Waals surface area contributed by atoms with E-state index in [9.17, 15) is 22.8 Å². The largest absolute Gasteiger partial charge is 0.468 e. The van der Waals surface area contributed by atoms with E-state index in [0.717, 1.165) is 12.1 Å². The molecule has 1 aromatic rings. The molecule has 0 N–H and O–H groups in total. The van der Waals surface area contributed by atoms with E-state index in [1.807, 2.05) is 0 Å². The van der Waals surface area contributed by atoms with Crippen molar-refractivity contribution in [3.63, 3.8) is 0 Å². The fourth-order valence-corrected chi connectivity index (χ4v) is 1.69. The molecule has 0 unspecified atom stereocenters. The maximum atomic E-state index is 12.4. The summed E-state index contributed by atoms with van der Waals surface area (Å²) in [7, 11) is 1.22. The van der Waals surface area contributed by atoms with Gasteiger partial charge < -0.3 is 9.64 Å². The Balaban J connectivity index is 2.71. The number of halogens is 3. The van der Waals surface area contributed by atoms with E-state index in [2.05, 4.69) is 4.74 Å². The zero-order chi connectivity index (χ0) is 16.0. The molecule has 7 heteroatoms. The average Bonchev–Trinajstić information content (AvgIpc) is 2.43. The molecule has 0 heterocycles. The number of amides is 1. The molecule has 1 amide bonds. The summed E-state index contributed by atoms with van der Waals surface area (Å²) in [6.45, 7) is 1.84. The summed E-state index contributed by atoms with van der Waals surface area (Å²) in [5, 5.41) is 0. The standard InChI is InChI=1S/C14H16F3NO3/c1-3-18(9-13(20)21-2)12(19)8-10-4-6-11(7-5-10)14(15,16)17/h4-7H,3,8-9H2,1-2H3. The average molecular weight is 303 g/mol. The quantitative estimate of drug-likeness (QED) is 0.784. The second-order valence-electron chi connectivity index (χ2n) is 4.36. The van der Waals surface area contributed by atoms with Gasteiger partial charge in [0.1, 0.15) is 6.54 Å². The van der Waals surface area contributed by atoms with Gasteiger partial charge in [0, 0.05) is 6.54 Å². The second-order valence-corrected chi connectivity index (χ2v) is 4.36. The van der Waals surface area contributed by atoms with Gasteiger partial charge in [0.05, 0.1) is 19.1 Å². The van der Waals surface area contributed by atoms with Crippen molar-refractivity contribution < 1.29 is 27.5 Å². The van der Waals surface area contributed by atoms with Crippen LogP contribution in [0.15, 0.2) is 24.3 Å². The molecule has 1 rings (SSSR count). The van der Waals surface area contributed by atoms with E-state index in [0.29, 0.717) is 12.1 Å². The maximum Gasteiger partial charge on any atom is 0.416 e. The molecule has 1 aromatic carbocycles. The molecule has 0 saturated heterocycles. The lowest BCUT2D eigenvalue weighted by Gasteiger charge is -2.19. The van der Waals surface area contributed by atoms with Crippen LogP contribution in [0.25, 0.3) is 0 Å². The Kier molecular flexibility index (Phi) is 5.75. The Bertz CT molecular complexity index is 497. The van der Waals surface area contributed by atoms with E-state index in [4.69, 9.17) is 0 Å². The summed E-state index contributed by atoms with van der Waals surface area (Å²) >= 11 is 0. The van der Waals surface area contributed by atoms with Gasteiger partial charge in [-0.15, -0.1) is 0 Å². The van der Waals surface area contributed by atoms with E-state index in [1.54, 1.807) is 6.92 Å². The van der Waals surface area contributed by atoms with Crippen LogP contribution in [0.4, 0.5) is 13.2 Å². The fourth-order valence-electron chi connectivity index (χ4n) is 1.69. The minimum atomic E-state index is -4.40. The highest BCUT2D eigenvalue weighted by Gasteiger charge is 2.30. The molecule has 0 fully saturated rings. The number of rotatable bonds is 5. The number of carbonyl (C=O) groups is 2. The lowest BCUT2D eigenvalue weighted by atomic mass is 10.1. The minimum absolute atomic E-state index is 0.0665. The summed E-state index contributed by atoms with van der Waals surface area (Å²) in [5.41, 5.74) is -0.308. The van der Waals surface area contributed by atoms with Gasteiger partial charge in [-0.25, -0.2) is 0 Å². The summed E-state index contributed by atoms with van der Waals surface area (Å²) in [6, 6.07) is 4.37. The Morgan fingerprint density at radius 1 is 1.19 bits per heavy atom. The number of ether oxygens (including phenoxy) is 1. The Labute approximate surface area is 120 Å². The van der Waals surface area contributed by atoms with Crippen molar-refractivity contribution in [2.75, 3.05) is 20.2 Å². The summed E-state index contributed by atoms with van der Waals surface area (Å²) in [4.78, 5) is 24.4. The monoisotopic (exact) mass is 303 g/mol. The van der Waals surface area contributed by atoms with E-state index >= 15 is 0 Å². The summed E-state index contributed by atoms with van der Waals surface area (Å²) < 4.78 is 41.7. The zero-order valence-electron chi connectivity index (χ0n) is 11.7. The first-order chi connectivity index (χ1) is 9.77. The highest BCUT2D eigenvalue weighted by Crippen LogP contribution is 2.29. The van der Waals surface area contributed by atoms with Crippen molar-refractivity contribution in [2.24, 2.45) is 0 Å². The molecule has 0 aliphatic heterocycles. The highest BCUT2D eigenvalue weighted by atomic mass is 19.4. The second kappa shape index (κ2) is 7.10. The molecule has 0 radical (unpaired) electrons. The first kappa shape index (κ1) is 17.0. The molecule has 4 nitrogen and oxygen atoms in total. The number of esters is 1. The van der Waals surface area contributed by atoms with Crippen LogP contribution in [-0.2, 0) is 26.9 Å². The Hall–Kier alpha value is -2.05. The molecule has 0 saturated carbocycles. The Morgan fingerprint density at radius 3 is 2.19 bits per heavy atom. The normalized spacial score (nSPS) is 11.1. The number of likely N-dealkylation sites (N-methyl/N-ethyl adjacent to an activating group) is 1. The van der Waals surface area contributed by atoms with Crippen molar-refractivity contribution in [3.8, 4) is 0 Å². The molecule has 116 valence electrons. The van der Waals surface area contributed by atoms with Crippen LogP contribution in [0.3, 0.4) is 0 Å². The number of nitrogens with zero attached hydrogens (tertiary/aromatic N) is 1. The molecule has 21 heavy (non-hydrogen) atoms. The third kappa shape index (κ3) is 5.09. The number of methoxy groups -OCH3 is 1. The maximum absolute atomic E-state index is 12.4. The first-order valence-electron chi connectivity index (χ1n) is 6.28. The van der Waals surface area contributed by atoms with Gasteiger partial charge in [0.15, 0.2) is 0 Å². The van der Waals surface area contributed by atoms with Crippen LogP contribution >= 0.6 is 0 Å². The molecule has 0 aliphatic carbocycles. The van der Waals surface area contributed by atoms with E-state index in [-0.39, 0.29) is 18.9 Å². The van der Waals surface area contributed by atoms with Crippen LogP contribution < -0.4 is 0 Å². The van der Waals surface area contributed by atoms with Gasteiger partial charge in [0.2, 0.25) is 5.91 Å². The third-order valence-corrected chi connectivity index (χ3v) is 2.92. The van der Waals surface area contributed by atoms with E-state index < -0.39 is 17.7 Å². The van der Waals surface area contributed by atoms with Gasteiger partial charge >= 0.3 is 12.1 Å². The number of carbonyl (C=O) groups excluding carboxylic acids is 2. The number of alkyl halides is 3. The Morgan fingerprint density at radius 2 is 1.76 bits per heavy atom. The lowest BCUT2D eigenvalue weighted by Crippen LogP contribution is -2.37. The molecule has 0 atom stereocenters. The molecule has 0 spiro atoms. The van der Waals surface area contributed by atoms with Crippen LogP contribution in [0.5, 0.6) is 0 Å². The summed E-state index contributed by atoms with van der Waals surface area (Å²) in [5.74, 6) is -0.889. The van der Waals surface area contributed by atoms with Gasteiger partial charge in [0.25, 0.3) is 0 Å². The van der Waals surface area contributed by atoms with E-state index in [1.165, 1.54) is 24.1 Å². The minimum Gasteiger partial charge on any atom is -0.468 e. The SMILES string of the molecule is CCN(CC(=O)OC)C(=O)Cc1ccc(C(F)(F)F)cc1. The predicted molar refractivity (Wildman–Crippen MR) is 69.4 cm³/mol. The van der Waals surface area contributed by atoms with Crippen molar-refractivity contribution in [3.05, 3.63) is 35.4 Å². The van der Waals surface area contributed by atoms with Crippen molar-refractivity contribution in [2.45, 2.75) is 19.5 Å². The summed E-state index contributed by atoms with van der Waals surface area (Å²) in [6.07, 6.45) is -4.47. The molecule has 0 aliphatic rings. The van der Waals surface area contributed by atoms with Gasteiger partial charge in [-0.3, -0.25) is 9.59 Å². The van der Waals surface area contributed by atoms with Gasteiger partial charge in [-0.05, 0) is 24.6 Å². The predicted octanol–water partition coefficient (Wildman–Crippen LogP) is 2.27. The van der Waals surface area contributed by atoms with Gasteiger partial charge in [-0.1, -0.05) is 12.1 Å². The lowest BCUT2D eigenvalue weighted by molar-refractivity contribution is -0.146. The highest BCUT2D eigenvalue weighted by molar-refractivity contribution is 5.83. The van der Waals surface area contributed by atoms with Crippen LogP contribution in [-0.4, -0.2) is 37.0 Å². The van der Waals surface area contributed by atoms with Crippen molar-refractivity contribution in [1.82, 2.24) is 4.90 Å².